The molecule has 1 aliphatic carbocycles. The lowest BCUT2D eigenvalue weighted by Gasteiger charge is -2.45. The molecular weight excluding hydrogens is 439 g/mol. The largest absolute Gasteiger partial charge is 0.377 e. The fourth-order valence-electron chi connectivity index (χ4n) is 6.28. The number of nitrogens with zero attached hydrogens (tertiary/aromatic N) is 2. The molecule has 1 heterocycles. The number of anilines is 1. The van der Waals surface area contributed by atoms with Gasteiger partial charge in [-0.2, -0.15) is 0 Å². The minimum absolute atomic E-state index is 0.0164. The van der Waals surface area contributed by atoms with Gasteiger partial charge in [0.1, 0.15) is 11.6 Å². The van der Waals surface area contributed by atoms with Crippen molar-refractivity contribution in [1.82, 2.24) is 4.90 Å². The highest BCUT2D eigenvalue weighted by Crippen LogP contribution is 2.52. The summed E-state index contributed by atoms with van der Waals surface area (Å²) in [5, 5.41) is 0. The Hall–Kier alpha value is -3.47. The highest BCUT2D eigenvalue weighted by molar-refractivity contribution is 5.87. The molecule has 0 aromatic heterocycles. The Labute approximate surface area is 206 Å². The van der Waals surface area contributed by atoms with Crippen molar-refractivity contribution >= 4 is 17.4 Å². The first-order chi connectivity index (χ1) is 16.9. The van der Waals surface area contributed by atoms with E-state index in [9.17, 15) is 14.0 Å². The second-order valence-electron chi connectivity index (χ2n) is 9.99. The molecule has 1 amide bonds. The van der Waals surface area contributed by atoms with Gasteiger partial charge in [0.05, 0.1) is 6.42 Å². The van der Waals surface area contributed by atoms with E-state index < -0.39 is 0 Å². The van der Waals surface area contributed by atoms with E-state index in [2.05, 4.69) is 24.3 Å². The van der Waals surface area contributed by atoms with Crippen LogP contribution in [-0.2, 0) is 21.4 Å². The van der Waals surface area contributed by atoms with Crippen molar-refractivity contribution in [1.29, 1.82) is 0 Å². The van der Waals surface area contributed by atoms with Crippen LogP contribution in [0.25, 0.3) is 0 Å². The fraction of sp³-hybridized carbons (Fsp3) is 0.333. The van der Waals surface area contributed by atoms with Crippen molar-refractivity contribution < 1.29 is 14.0 Å². The van der Waals surface area contributed by atoms with E-state index in [0.29, 0.717) is 30.8 Å². The number of Topliss-reactive ketones (excluding diaryl/α,β-unsaturated/α-hetero) is 1. The van der Waals surface area contributed by atoms with Gasteiger partial charge in [-0.3, -0.25) is 9.59 Å². The smallest absolute Gasteiger partial charge is 0.227 e. The van der Waals surface area contributed by atoms with Crippen LogP contribution in [0.2, 0.25) is 0 Å². The quantitative estimate of drug-likeness (QED) is 0.535. The van der Waals surface area contributed by atoms with Gasteiger partial charge in [-0.05, 0) is 29.7 Å². The Bertz CT molecular complexity index is 1190. The van der Waals surface area contributed by atoms with Crippen LogP contribution in [-0.4, -0.2) is 43.8 Å². The molecule has 0 spiro atoms. The van der Waals surface area contributed by atoms with Gasteiger partial charge in [0, 0.05) is 62.1 Å². The topological polar surface area (TPSA) is 40.6 Å². The molecule has 2 atom stereocenters. The maximum absolute atomic E-state index is 14.7. The summed E-state index contributed by atoms with van der Waals surface area (Å²) in [5.41, 5.74) is 3.14. The first-order valence-corrected chi connectivity index (χ1v) is 12.3. The zero-order chi connectivity index (χ0) is 24.6. The van der Waals surface area contributed by atoms with Crippen molar-refractivity contribution in [2.24, 2.45) is 11.8 Å². The lowest BCUT2D eigenvalue weighted by Crippen LogP contribution is -2.47. The number of ketones is 1. The summed E-state index contributed by atoms with van der Waals surface area (Å²) < 4.78 is 14.7. The number of benzene rings is 3. The lowest BCUT2D eigenvalue weighted by molar-refractivity contribution is -0.129. The number of likely N-dealkylation sites (tertiary alicyclic amines) is 1. The van der Waals surface area contributed by atoms with Crippen LogP contribution in [0.4, 0.5) is 10.1 Å². The summed E-state index contributed by atoms with van der Waals surface area (Å²) >= 11 is 0. The van der Waals surface area contributed by atoms with E-state index in [-0.39, 0.29) is 41.2 Å². The minimum atomic E-state index is -0.375. The first kappa shape index (κ1) is 23.3. The predicted molar refractivity (Wildman–Crippen MR) is 136 cm³/mol. The second kappa shape index (κ2) is 9.29. The van der Waals surface area contributed by atoms with Crippen molar-refractivity contribution in [3.8, 4) is 0 Å². The zero-order valence-corrected chi connectivity index (χ0v) is 20.3. The Kier molecular flexibility index (Phi) is 6.18. The number of fused-ring (bicyclic) bond motifs is 1. The van der Waals surface area contributed by atoms with Crippen LogP contribution >= 0.6 is 0 Å². The average Bonchev–Trinajstić information content (AvgIpc) is 3.34. The van der Waals surface area contributed by atoms with Crippen LogP contribution in [0.3, 0.4) is 0 Å². The molecule has 4 nitrogen and oxygen atoms in total. The van der Waals surface area contributed by atoms with Gasteiger partial charge in [-0.1, -0.05) is 66.7 Å². The normalized spacial score (nSPS) is 21.0. The fourth-order valence-corrected chi connectivity index (χ4v) is 6.28. The van der Waals surface area contributed by atoms with Crippen molar-refractivity contribution in [3.05, 3.63) is 101 Å². The molecule has 3 aromatic carbocycles. The van der Waals surface area contributed by atoms with Crippen LogP contribution in [0.1, 0.15) is 29.5 Å². The third kappa shape index (κ3) is 4.03. The molecule has 1 saturated carbocycles. The second-order valence-corrected chi connectivity index (χ2v) is 9.99. The van der Waals surface area contributed by atoms with Gasteiger partial charge in [-0.15, -0.1) is 0 Å². The SMILES string of the molecule is CN(C)c1cccc(F)c1CC(=O)N1CC2C(=O)CCC(c3ccccc3)(c3ccccc3)C2C1. The number of carbonyl (C=O) groups is 2. The van der Waals surface area contributed by atoms with E-state index in [1.807, 2.05) is 61.5 Å². The van der Waals surface area contributed by atoms with Crippen LogP contribution in [0.15, 0.2) is 78.9 Å². The molecule has 0 radical (unpaired) electrons. The molecule has 35 heavy (non-hydrogen) atoms. The Morgan fingerprint density at radius 2 is 1.57 bits per heavy atom. The highest BCUT2D eigenvalue weighted by Gasteiger charge is 2.55. The summed E-state index contributed by atoms with van der Waals surface area (Å²) in [6.07, 6.45) is 1.20. The summed E-state index contributed by atoms with van der Waals surface area (Å²) in [7, 11) is 3.69. The molecule has 0 bridgehead atoms. The van der Waals surface area contributed by atoms with E-state index in [0.717, 1.165) is 6.42 Å². The molecular formula is C30H31FN2O2. The molecule has 0 N–H and O–H groups in total. The highest BCUT2D eigenvalue weighted by atomic mass is 19.1. The van der Waals surface area contributed by atoms with Gasteiger partial charge in [0.2, 0.25) is 5.91 Å². The number of hydrogen-bond donors (Lipinski definition) is 0. The van der Waals surface area contributed by atoms with Crippen molar-refractivity contribution in [3.63, 3.8) is 0 Å². The lowest BCUT2D eigenvalue weighted by atomic mass is 9.56. The standard InChI is InChI=1S/C30H31FN2O2/c1-32(2)27-15-9-14-26(31)23(27)18-29(35)33-19-24-25(20-33)30(17-16-28(24)34,21-10-5-3-6-11-21)22-12-7-4-8-13-22/h3-15,24-25H,16-20H2,1-2H3. The van der Waals surface area contributed by atoms with Gasteiger partial charge in [0.25, 0.3) is 0 Å². The summed E-state index contributed by atoms with van der Waals surface area (Å²) in [6, 6.07) is 25.7. The van der Waals surface area contributed by atoms with Crippen LogP contribution < -0.4 is 4.90 Å². The first-order valence-electron chi connectivity index (χ1n) is 12.3. The van der Waals surface area contributed by atoms with Crippen molar-refractivity contribution in [2.45, 2.75) is 24.7 Å². The molecule has 1 saturated heterocycles. The Morgan fingerprint density at radius 1 is 0.943 bits per heavy atom. The monoisotopic (exact) mass is 470 g/mol. The molecule has 5 rings (SSSR count). The van der Waals surface area contributed by atoms with E-state index in [1.54, 1.807) is 11.0 Å². The molecule has 2 fully saturated rings. The third-order valence-corrected chi connectivity index (χ3v) is 7.97. The Morgan fingerprint density at radius 3 is 2.17 bits per heavy atom. The zero-order valence-electron chi connectivity index (χ0n) is 20.3. The van der Waals surface area contributed by atoms with Gasteiger partial charge >= 0.3 is 0 Å². The molecule has 180 valence electrons. The molecule has 2 aliphatic rings. The molecule has 5 heteroatoms. The third-order valence-electron chi connectivity index (χ3n) is 7.97. The number of carbonyl (C=O) groups excluding carboxylic acids is 2. The van der Waals surface area contributed by atoms with Crippen molar-refractivity contribution in [2.75, 3.05) is 32.1 Å². The summed E-state index contributed by atoms with van der Waals surface area (Å²) in [4.78, 5) is 30.3. The number of rotatable bonds is 5. The minimum Gasteiger partial charge on any atom is -0.377 e. The van der Waals surface area contributed by atoms with Gasteiger partial charge in [0.15, 0.2) is 0 Å². The summed E-state index contributed by atoms with van der Waals surface area (Å²) in [6.45, 7) is 0.889. The molecule has 3 aromatic rings. The number of hydrogen-bond acceptors (Lipinski definition) is 3. The van der Waals surface area contributed by atoms with E-state index in [1.165, 1.54) is 17.2 Å². The van der Waals surface area contributed by atoms with E-state index >= 15 is 0 Å². The number of amides is 1. The van der Waals surface area contributed by atoms with Gasteiger partial charge in [-0.25, -0.2) is 4.39 Å². The molecule has 2 unspecified atom stereocenters. The number of halogens is 1. The van der Waals surface area contributed by atoms with Gasteiger partial charge < -0.3 is 9.80 Å². The predicted octanol–water partition coefficient (Wildman–Crippen LogP) is 4.86. The Balaban J connectivity index is 1.51. The maximum Gasteiger partial charge on any atom is 0.227 e. The van der Waals surface area contributed by atoms with Crippen LogP contribution in [0.5, 0.6) is 0 Å². The summed E-state index contributed by atoms with van der Waals surface area (Å²) in [5.74, 6) is -0.517. The maximum atomic E-state index is 14.7. The molecule has 1 aliphatic heterocycles. The van der Waals surface area contributed by atoms with E-state index in [4.69, 9.17) is 0 Å². The average molecular weight is 471 g/mol. The van der Waals surface area contributed by atoms with Crippen LogP contribution in [0, 0.1) is 17.7 Å².